The molecule has 2 heterocycles. The maximum atomic E-state index is 13.0. The molecule has 0 bridgehead atoms. The maximum Gasteiger partial charge on any atom is 0.206 e. The monoisotopic (exact) mass is 356 g/mol. The number of likely N-dealkylation sites (N-methyl/N-ethyl adjacent to an activating group) is 1. The predicted octanol–water partition coefficient (Wildman–Crippen LogP) is 3.11. The van der Waals surface area contributed by atoms with E-state index in [0.29, 0.717) is 21.8 Å². The van der Waals surface area contributed by atoms with E-state index in [-0.39, 0.29) is 0 Å². The molecule has 2 aliphatic heterocycles. The third-order valence-electron chi connectivity index (χ3n) is 5.63. The third kappa shape index (κ3) is 2.75. The maximum absolute atomic E-state index is 13.0. The molecule has 1 fully saturated rings. The lowest BCUT2D eigenvalue weighted by Crippen LogP contribution is -2.30. The largest absolute Gasteiger partial charge is 0.371 e. The summed E-state index contributed by atoms with van der Waals surface area (Å²) in [7, 11) is -1.35. The van der Waals surface area contributed by atoms with Crippen molar-refractivity contribution in [3.05, 3.63) is 53.6 Å². The second kappa shape index (κ2) is 6.15. The van der Waals surface area contributed by atoms with E-state index in [1.807, 2.05) is 31.2 Å². The van der Waals surface area contributed by atoms with Crippen molar-refractivity contribution in [3.63, 3.8) is 0 Å². The van der Waals surface area contributed by atoms with E-state index in [0.717, 1.165) is 31.5 Å². The summed E-state index contributed by atoms with van der Waals surface area (Å²) in [6.45, 7) is 3.97. The fourth-order valence-corrected chi connectivity index (χ4v) is 5.50. The molecule has 0 unspecified atom stereocenters. The summed E-state index contributed by atoms with van der Waals surface area (Å²) in [4.78, 5) is 3.10. The first-order chi connectivity index (χ1) is 12.0. The number of rotatable bonds is 2. The van der Waals surface area contributed by atoms with Gasteiger partial charge in [-0.1, -0.05) is 17.7 Å². The van der Waals surface area contributed by atoms with E-state index < -0.39 is 9.84 Å². The Morgan fingerprint density at radius 1 is 1.00 bits per heavy atom. The highest BCUT2D eigenvalue weighted by atomic mass is 32.2. The first-order valence-corrected chi connectivity index (χ1v) is 10.4. The zero-order valence-electron chi connectivity index (χ0n) is 14.7. The minimum absolute atomic E-state index is 0.364. The number of nitrogens with zero attached hydrogens (tertiary/aromatic N) is 1. The van der Waals surface area contributed by atoms with E-state index in [9.17, 15) is 8.42 Å². The van der Waals surface area contributed by atoms with Gasteiger partial charge in [-0.25, -0.2) is 8.42 Å². The minimum Gasteiger partial charge on any atom is -0.371 e. The Morgan fingerprint density at radius 2 is 1.68 bits per heavy atom. The molecule has 0 aromatic heterocycles. The van der Waals surface area contributed by atoms with Gasteiger partial charge in [0.2, 0.25) is 9.84 Å². The van der Waals surface area contributed by atoms with Crippen molar-refractivity contribution >= 4 is 15.5 Å². The summed E-state index contributed by atoms with van der Waals surface area (Å²) < 4.78 is 26.1. The van der Waals surface area contributed by atoms with Crippen LogP contribution in [0.3, 0.4) is 0 Å². The highest BCUT2D eigenvalue weighted by Crippen LogP contribution is 2.44. The molecule has 0 spiro atoms. The molecule has 25 heavy (non-hydrogen) atoms. The number of hydrogen-bond donors (Lipinski definition) is 1. The number of fused-ring (bicyclic) bond motifs is 3. The van der Waals surface area contributed by atoms with E-state index in [4.69, 9.17) is 0 Å². The molecule has 1 N–H and O–H groups in total. The fourth-order valence-electron chi connectivity index (χ4n) is 4.20. The van der Waals surface area contributed by atoms with Crippen LogP contribution < -0.4 is 10.2 Å². The lowest BCUT2D eigenvalue weighted by atomic mass is 9.91. The molecular formula is C20H24N2O2S. The lowest BCUT2D eigenvalue weighted by molar-refractivity contribution is 0.531. The molecule has 2 aromatic rings. The zero-order chi connectivity index (χ0) is 17.6. The Kier molecular flexibility index (Phi) is 4.08. The van der Waals surface area contributed by atoms with Crippen LogP contribution in [0.1, 0.15) is 29.9 Å². The van der Waals surface area contributed by atoms with Gasteiger partial charge < -0.3 is 10.2 Å². The predicted molar refractivity (Wildman–Crippen MR) is 100 cm³/mol. The van der Waals surface area contributed by atoms with E-state index >= 15 is 0 Å². The molecule has 0 saturated carbocycles. The van der Waals surface area contributed by atoms with Gasteiger partial charge in [-0.15, -0.1) is 0 Å². The van der Waals surface area contributed by atoms with Gasteiger partial charge >= 0.3 is 0 Å². The van der Waals surface area contributed by atoms with Gasteiger partial charge in [-0.3, -0.25) is 0 Å². The highest BCUT2D eigenvalue weighted by molar-refractivity contribution is 7.91. The molecule has 2 aliphatic rings. The quantitative estimate of drug-likeness (QED) is 0.898. The zero-order valence-corrected chi connectivity index (χ0v) is 15.5. The molecule has 5 heteroatoms. The summed E-state index contributed by atoms with van der Waals surface area (Å²) in [6.07, 6.45) is 2.14. The van der Waals surface area contributed by atoms with Crippen LogP contribution in [0.15, 0.2) is 52.3 Å². The van der Waals surface area contributed by atoms with Crippen molar-refractivity contribution in [2.75, 3.05) is 25.0 Å². The van der Waals surface area contributed by atoms with Crippen LogP contribution in [0.5, 0.6) is 0 Å². The Morgan fingerprint density at radius 3 is 2.44 bits per heavy atom. The smallest absolute Gasteiger partial charge is 0.206 e. The number of aryl methyl sites for hydroxylation is 1. The third-order valence-corrected chi connectivity index (χ3v) is 7.40. The van der Waals surface area contributed by atoms with Crippen molar-refractivity contribution in [1.82, 2.24) is 5.32 Å². The number of sulfone groups is 1. The van der Waals surface area contributed by atoms with Gasteiger partial charge in [0.15, 0.2) is 0 Å². The number of benzene rings is 2. The van der Waals surface area contributed by atoms with Crippen LogP contribution in [0, 0.1) is 6.92 Å². The Labute approximate surface area is 149 Å². The average molecular weight is 356 g/mol. The topological polar surface area (TPSA) is 49.4 Å². The van der Waals surface area contributed by atoms with Crippen LogP contribution >= 0.6 is 0 Å². The Hall–Kier alpha value is -1.85. The van der Waals surface area contributed by atoms with Crippen molar-refractivity contribution in [3.8, 4) is 0 Å². The molecule has 0 amide bonds. The molecule has 132 valence electrons. The normalized spacial score (nSPS) is 23.0. The van der Waals surface area contributed by atoms with Crippen LogP contribution in [0.2, 0.25) is 0 Å². The van der Waals surface area contributed by atoms with Crippen molar-refractivity contribution in [2.24, 2.45) is 0 Å². The molecule has 0 aliphatic carbocycles. The van der Waals surface area contributed by atoms with Crippen molar-refractivity contribution in [1.29, 1.82) is 0 Å². The number of hydrogen-bond acceptors (Lipinski definition) is 4. The summed E-state index contributed by atoms with van der Waals surface area (Å²) in [5.74, 6) is 0.406. The average Bonchev–Trinajstić information content (AvgIpc) is 2.78. The van der Waals surface area contributed by atoms with Gasteiger partial charge in [0.25, 0.3) is 0 Å². The van der Waals surface area contributed by atoms with Crippen molar-refractivity contribution in [2.45, 2.75) is 41.5 Å². The van der Waals surface area contributed by atoms with Crippen LogP contribution in [-0.2, 0) is 9.84 Å². The van der Waals surface area contributed by atoms with Crippen LogP contribution in [0.4, 0.5) is 5.69 Å². The summed E-state index contributed by atoms with van der Waals surface area (Å²) >= 11 is 0. The molecule has 2 atom stereocenters. The lowest BCUT2D eigenvalue weighted by Gasteiger charge is -2.24. The molecule has 4 rings (SSSR count). The van der Waals surface area contributed by atoms with Gasteiger partial charge in [-0.2, -0.15) is 0 Å². The van der Waals surface area contributed by atoms with E-state index in [1.165, 1.54) is 11.3 Å². The molecule has 4 nitrogen and oxygen atoms in total. The molecule has 1 saturated heterocycles. The van der Waals surface area contributed by atoms with Gasteiger partial charge in [0, 0.05) is 24.7 Å². The Bertz CT molecular complexity index is 890. The number of nitrogens with one attached hydrogen (secondary N) is 1. The molecule has 0 radical (unpaired) electrons. The van der Waals surface area contributed by atoms with E-state index in [1.54, 1.807) is 18.2 Å². The summed E-state index contributed by atoms with van der Waals surface area (Å²) in [6, 6.07) is 13.2. The van der Waals surface area contributed by atoms with Crippen LogP contribution in [0.25, 0.3) is 0 Å². The van der Waals surface area contributed by atoms with E-state index in [2.05, 4.69) is 17.3 Å². The van der Waals surface area contributed by atoms with Gasteiger partial charge in [0.05, 0.1) is 9.79 Å². The van der Waals surface area contributed by atoms with Crippen LogP contribution in [-0.4, -0.2) is 34.6 Å². The highest BCUT2D eigenvalue weighted by Gasteiger charge is 2.37. The number of anilines is 1. The minimum atomic E-state index is -3.48. The first kappa shape index (κ1) is 16.6. The first-order valence-electron chi connectivity index (χ1n) is 8.88. The van der Waals surface area contributed by atoms with Gasteiger partial charge in [0.1, 0.15) is 0 Å². The standard InChI is InChI=1S/C20H24N2O2S/c1-14-3-5-15(6-4-14)25(23,24)16-7-8-19-18(13-16)17-9-11-21-12-10-20(17)22(19)2/h3-8,13,17,20-21H,9-12H2,1-2H3/t17-,20+/m0/s1. The molecular weight excluding hydrogens is 332 g/mol. The second-order valence-corrected chi connectivity index (χ2v) is 9.10. The Balaban J connectivity index is 1.77. The summed E-state index contributed by atoms with van der Waals surface area (Å²) in [5.41, 5.74) is 3.42. The molecule has 2 aromatic carbocycles. The second-order valence-electron chi connectivity index (χ2n) is 7.15. The van der Waals surface area contributed by atoms with Crippen molar-refractivity contribution < 1.29 is 8.42 Å². The SMILES string of the molecule is Cc1ccc(S(=O)(=O)c2ccc3c(c2)[C@@H]2CCNCC[C@H]2N3C)cc1. The van der Waals surface area contributed by atoms with Gasteiger partial charge in [-0.05, 0) is 68.8 Å². The fraction of sp³-hybridized carbons (Fsp3) is 0.400. The summed E-state index contributed by atoms with van der Waals surface area (Å²) in [5, 5.41) is 3.46.